The maximum Gasteiger partial charge on any atom is 1.00 e. The number of hydrogen-bond donors (Lipinski definition) is 3. The van der Waals surface area contributed by atoms with Crippen LogP contribution in [0, 0.1) is 0 Å². The van der Waals surface area contributed by atoms with Gasteiger partial charge in [0.1, 0.15) is 45.3 Å². The molecule has 4 aromatic heterocycles. The number of esters is 1. The number of aromatic carboxylic acids is 1. The summed E-state index contributed by atoms with van der Waals surface area (Å²) in [5.41, 5.74) is 4.24. The van der Waals surface area contributed by atoms with E-state index in [0.717, 1.165) is 102 Å². The van der Waals surface area contributed by atoms with Crippen LogP contribution in [0.5, 0.6) is 34.5 Å². The molecule has 470 valence electrons. The standard InChI is InChI=1S/C34H44N4O5Si.C33H42N4O5Si.Na.H2O/c1-34(2,3)44(6,7)43-28-18-12-25(13-19-28)36-31-30-29(42-27-16-10-24(11-17-27)33(39)41-5)20-21-35-32(30)38(37-31)22-23-8-14-26(40-4)15-9-23;1-33(2,3)43(5,6)42-27-17-11-24(12-18-27)35-30-29-28(41-26-15-9-23(10-16-26)32(38)39)19-20-34-31(29)37(36-30)21-22-7-13-25(40-4)14-8-22;;/h8-11,14-17,20-21,25,28H,12-13,18-19,22H2,1-7H3,(H,36,37);7-10,13-16,19-20,24,27H,11-12,17-18,21H2,1-6H3,(H,35,36)(H,38,39);;1H2/q;;+1;/p-1. The Bertz CT molecular complexity index is 3610. The van der Waals surface area contributed by atoms with Gasteiger partial charge in [-0.25, -0.2) is 28.9 Å². The third-order valence-corrected chi connectivity index (χ3v) is 26.6. The van der Waals surface area contributed by atoms with Gasteiger partial charge in [0.05, 0.1) is 45.5 Å². The van der Waals surface area contributed by atoms with Crippen LogP contribution in [0.25, 0.3) is 22.1 Å². The number of benzene rings is 4. The Hall–Kier alpha value is -6.83. The molecule has 0 saturated heterocycles. The molecule has 8 aromatic rings. The van der Waals surface area contributed by atoms with Crippen molar-refractivity contribution in [2.75, 3.05) is 32.0 Å². The van der Waals surface area contributed by atoms with Crippen LogP contribution in [0.1, 0.15) is 125 Å². The van der Waals surface area contributed by atoms with E-state index in [1.54, 1.807) is 63.0 Å². The summed E-state index contributed by atoms with van der Waals surface area (Å²) in [6.45, 7) is 24.1. The van der Waals surface area contributed by atoms with E-state index < -0.39 is 28.6 Å². The smallest absolute Gasteiger partial charge is 0.870 e. The van der Waals surface area contributed by atoms with Gasteiger partial charge < -0.3 is 53.8 Å². The fourth-order valence-electron chi connectivity index (χ4n) is 10.5. The van der Waals surface area contributed by atoms with E-state index in [9.17, 15) is 14.7 Å². The number of pyridine rings is 2. The Morgan fingerprint density at radius 2 is 0.876 bits per heavy atom. The van der Waals surface area contributed by atoms with E-state index in [-0.39, 0.29) is 68.9 Å². The molecule has 4 aromatic carbocycles. The number of carbonyl (C=O) groups excluding carboxylic acids is 1. The van der Waals surface area contributed by atoms with Gasteiger partial charge in [0.2, 0.25) is 0 Å². The molecule has 0 aliphatic heterocycles. The van der Waals surface area contributed by atoms with Gasteiger partial charge in [-0.05, 0) is 172 Å². The quantitative estimate of drug-likeness (QED) is 0.0475. The van der Waals surface area contributed by atoms with Crippen molar-refractivity contribution in [3.63, 3.8) is 0 Å². The number of anilines is 2. The molecule has 0 spiro atoms. The monoisotopic (exact) mass is 1260 g/mol. The molecule has 0 bridgehead atoms. The number of nitrogens with one attached hydrogen (secondary N) is 2. The molecule has 4 N–H and O–H groups in total. The number of rotatable bonds is 20. The predicted octanol–water partition coefficient (Wildman–Crippen LogP) is 12.4. The second-order valence-electron chi connectivity index (χ2n) is 25.8. The summed E-state index contributed by atoms with van der Waals surface area (Å²) in [7, 11) is 1.05. The molecule has 19 nitrogen and oxygen atoms in total. The van der Waals surface area contributed by atoms with E-state index in [1.165, 1.54) is 19.2 Å². The van der Waals surface area contributed by atoms with Crippen molar-refractivity contribution in [1.82, 2.24) is 29.5 Å². The summed E-state index contributed by atoms with van der Waals surface area (Å²) in [4.78, 5) is 32.7. The number of fused-ring (bicyclic) bond motifs is 2. The van der Waals surface area contributed by atoms with Crippen molar-refractivity contribution < 1.29 is 82.3 Å². The van der Waals surface area contributed by atoms with E-state index in [2.05, 4.69) is 78.4 Å². The van der Waals surface area contributed by atoms with Gasteiger partial charge in [0.25, 0.3) is 0 Å². The Morgan fingerprint density at radius 3 is 1.20 bits per heavy atom. The van der Waals surface area contributed by atoms with Gasteiger partial charge >= 0.3 is 41.5 Å². The summed E-state index contributed by atoms with van der Waals surface area (Å²) < 4.78 is 45.4. The second kappa shape index (κ2) is 29.9. The average molecular weight is 1260 g/mol. The minimum atomic E-state index is -1.82. The molecule has 2 saturated carbocycles. The molecule has 2 fully saturated rings. The zero-order valence-electron chi connectivity index (χ0n) is 54.2. The van der Waals surface area contributed by atoms with Gasteiger partial charge in [0.15, 0.2) is 39.6 Å². The van der Waals surface area contributed by atoms with Gasteiger partial charge in [-0.15, -0.1) is 0 Å². The van der Waals surface area contributed by atoms with Crippen LogP contribution in [-0.2, 0) is 26.7 Å². The van der Waals surface area contributed by atoms with Gasteiger partial charge in [0, 0.05) is 48.8 Å². The van der Waals surface area contributed by atoms with Gasteiger partial charge in [-0.1, -0.05) is 65.8 Å². The molecule has 4 heterocycles. The van der Waals surface area contributed by atoms with E-state index in [4.69, 9.17) is 52.7 Å². The van der Waals surface area contributed by atoms with Crippen molar-refractivity contribution in [2.24, 2.45) is 0 Å². The summed E-state index contributed by atoms with van der Waals surface area (Å²) >= 11 is 0. The van der Waals surface area contributed by atoms with Crippen LogP contribution < -0.4 is 59.1 Å². The van der Waals surface area contributed by atoms with Gasteiger partial charge in [-0.2, -0.15) is 10.2 Å². The number of aromatic nitrogens is 6. The molecule has 22 heteroatoms. The first-order chi connectivity index (χ1) is 41.4. The Kier molecular flexibility index (Phi) is 23.4. The van der Waals surface area contributed by atoms with E-state index in [0.29, 0.717) is 53.4 Å². The number of nitrogens with zero attached hydrogens (tertiary/aromatic N) is 6. The summed E-state index contributed by atoms with van der Waals surface area (Å²) in [5, 5.41) is 28.8. The molecule has 0 atom stereocenters. The number of carbonyl (C=O) groups is 2. The Balaban J connectivity index is 0.000000248. The van der Waals surface area contributed by atoms with Crippen LogP contribution >= 0.6 is 0 Å². The first-order valence-electron chi connectivity index (χ1n) is 30.1. The minimum absolute atomic E-state index is 0. The first kappa shape index (κ1) is 69.6. The number of carboxylic acids is 1. The molecule has 89 heavy (non-hydrogen) atoms. The van der Waals surface area contributed by atoms with Crippen LogP contribution in [0.15, 0.2) is 122 Å². The minimum Gasteiger partial charge on any atom is -0.870 e. The molecule has 0 amide bonds. The normalized spacial score (nSPS) is 17.0. The number of hydrogen-bond acceptors (Lipinski definition) is 16. The maximum absolute atomic E-state index is 11.9. The van der Waals surface area contributed by atoms with E-state index >= 15 is 0 Å². The summed E-state index contributed by atoms with van der Waals surface area (Å²) in [6, 6.07) is 33.4. The maximum atomic E-state index is 11.9. The van der Waals surface area contributed by atoms with Crippen molar-refractivity contribution in [3.05, 3.63) is 144 Å². The van der Waals surface area contributed by atoms with Crippen molar-refractivity contribution in [3.8, 4) is 34.5 Å². The molecule has 0 unspecified atom stereocenters. The summed E-state index contributed by atoms with van der Waals surface area (Å²) in [6.07, 6.45) is 12.0. The molecule has 0 radical (unpaired) electrons. The fourth-order valence-corrected chi connectivity index (χ4v) is 13.3. The zero-order valence-corrected chi connectivity index (χ0v) is 58.2. The number of carboxylic acid groups (broad SMARTS) is 1. The number of methoxy groups -OCH3 is 3. The molecule has 2 aliphatic rings. The van der Waals surface area contributed by atoms with Crippen LogP contribution in [0.3, 0.4) is 0 Å². The average Bonchev–Trinajstić information content (AvgIpc) is 2.65. The third kappa shape index (κ3) is 17.4. The van der Waals surface area contributed by atoms with Crippen LogP contribution in [0.2, 0.25) is 36.3 Å². The van der Waals surface area contributed by atoms with E-state index in [1.807, 2.05) is 70.0 Å². The van der Waals surface area contributed by atoms with Crippen molar-refractivity contribution in [2.45, 2.75) is 167 Å². The molecule has 2 aliphatic carbocycles. The van der Waals surface area contributed by atoms with Crippen LogP contribution in [-0.4, -0.2) is 114 Å². The SMILES string of the molecule is COC(=O)c1ccc(Oc2ccnc3c2c(NC2CCC(O[Si](C)(C)C(C)(C)C)CC2)nn3Cc2ccc(OC)cc2)cc1.COc1ccc(Cn2nc(NC3CCC(O[Si](C)(C)C(C)(C)C)CC3)c3c(Oc4ccc(C(=O)O)cc4)ccnc32)cc1.[Na+].[OH-]. The number of ether oxygens (including phenoxy) is 5. The first-order valence-corrected chi connectivity index (χ1v) is 36.0. The second-order valence-corrected chi connectivity index (χ2v) is 35.3. The third-order valence-electron chi connectivity index (χ3n) is 17.6. The van der Waals surface area contributed by atoms with Crippen molar-refractivity contribution >= 4 is 62.3 Å². The topological polar surface area (TPSA) is 234 Å². The molecule has 10 rings (SSSR count). The van der Waals surface area contributed by atoms with Gasteiger partial charge in [-0.3, -0.25) is 0 Å². The van der Waals surface area contributed by atoms with Crippen molar-refractivity contribution in [1.29, 1.82) is 0 Å². The van der Waals surface area contributed by atoms with Crippen LogP contribution in [0.4, 0.5) is 11.6 Å². The summed E-state index contributed by atoms with van der Waals surface area (Å²) in [5.74, 6) is 4.09. The largest absolute Gasteiger partial charge is 1.00 e. The Morgan fingerprint density at radius 1 is 0.528 bits per heavy atom. The Labute approximate surface area is 547 Å². The molecular weight excluding hydrogens is 1170 g/mol. The predicted molar refractivity (Wildman–Crippen MR) is 348 cm³/mol. The fraction of sp³-hybridized carbons (Fsp3) is 0.433. The zero-order chi connectivity index (χ0) is 62.3. The molecular formula is C67H87N8NaO11Si2.